The highest BCUT2D eigenvalue weighted by Gasteiger charge is 2.19. The predicted octanol–water partition coefficient (Wildman–Crippen LogP) is 7.04. The maximum atomic E-state index is 14.6. The molecule has 0 aliphatic heterocycles. The molecule has 0 saturated heterocycles. The van der Waals surface area contributed by atoms with Gasteiger partial charge in [0.2, 0.25) is 0 Å². The van der Waals surface area contributed by atoms with Crippen molar-refractivity contribution < 1.29 is 22.7 Å². The second-order valence-electron chi connectivity index (χ2n) is 8.22. The molecule has 1 saturated carbocycles. The minimum atomic E-state index is -0.971. The average Bonchev–Trinajstić information content (AvgIpc) is 2.80. The zero-order valence-corrected chi connectivity index (χ0v) is 17.8. The molecule has 3 aromatic carbocycles. The number of esters is 1. The van der Waals surface area contributed by atoms with Gasteiger partial charge >= 0.3 is 5.97 Å². The first kappa shape index (κ1) is 22.0. The number of rotatable bonds is 3. The molecular formula is C27H23F3O2. The minimum absolute atomic E-state index is 0.0714. The van der Waals surface area contributed by atoms with E-state index in [1.807, 2.05) is 0 Å². The van der Waals surface area contributed by atoms with Crippen LogP contribution in [0.25, 0.3) is 10.8 Å². The smallest absolute Gasteiger partial charge is 0.346 e. The molecular weight excluding hydrogens is 413 g/mol. The first-order chi connectivity index (χ1) is 15.4. The molecule has 4 rings (SSSR count). The molecule has 2 nitrogen and oxygen atoms in total. The zero-order chi connectivity index (χ0) is 22.7. The summed E-state index contributed by atoms with van der Waals surface area (Å²) < 4.78 is 47.0. The van der Waals surface area contributed by atoms with Gasteiger partial charge in [-0.25, -0.2) is 18.0 Å². The molecule has 0 bridgehead atoms. The van der Waals surface area contributed by atoms with Crippen molar-refractivity contribution in [1.82, 2.24) is 0 Å². The summed E-state index contributed by atoms with van der Waals surface area (Å²) in [4.78, 5) is 12.4. The standard InChI is InChI=1S/C27H23F3O2/c1-2-17-3-5-18(6-4-17)7-8-19-9-12-23(25(29)15-19)27(31)32-21-11-13-22-20(16-21)10-14-24(28)26(22)30/h9-18H,2-6H2,1H3. The van der Waals surface area contributed by atoms with Gasteiger partial charge in [0.25, 0.3) is 0 Å². The van der Waals surface area contributed by atoms with E-state index in [-0.39, 0.29) is 16.7 Å². The maximum absolute atomic E-state index is 14.6. The molecule has 164 valence electrons. The van der Waals surface area contributed by atoms with E-state index in [0.29, 0.717) is 16.9 Å². The van der Waals surface area contributed by atoms with E-state index in [2.05, 4.69) is 18.8 Å². The zero-order valence-electron chi connectivity index (χ0n) is 17.8. The Hall–Kier alpha value is -3.26. The molecule has 5 heteroatoms. The van der Waals surface area contributed by atoms with Gasteiger partial charge in [-0.15, -0.1) is 0 Å². The van der Waals surface area contributed by atoms with Crippen LogP contribution in [0.3, 0.4) is 0 Å². The van der Waals surface area contributed by atoms with Gasteiger partial charge in [-0.1, -0.05) is 31.3 Å². The first-order valence-corrected chi connectivity index (χ1v) is 10.9. The van der Waals surface area contributed by atoms with Crippen LogP contribution in [0.2, 0.25) is 0 Å². The van der Waals surface area contributed by atoms with Gasteiger partial charge in [0.1, 0.15) is 11.6 Å². The molecule has 1 fully saturated rings. The quantitative estimate of drug-likeness (QED) is 0.250. The summed E-state index contributed by atoms with van der Waals surface area (Å²) in [6.45, 7) is 2.22. The highest BCUT2D eigenvalue weighted by molar-refractivity contribution is 5.92. The highest BCUT2D eigenvalue weighted by Crippen LogP contribution is 2.30. The lowest BCUT2D eigenvalue weighted by molar-refractivity contribution is 0.0730. The van der Waals surface area contributed by atoms with E-state index >= 15 is 0 Å². The first-order valence-electron chi connectivity index (χ1n) is 10.9. The summed E-state index contributed by atoms with van der Waals surface area (Å²) >= 11 is 0. The third-order valence-corrected chi connectivity index (χ3v) is 6.12. The minimum Gasteiger partial charge on any atom is -0.423 e. The maximum Gasteiger partial charge on any atom is 0.346 e. The summed E-state index contributed by atoms with van der Waals surface area (Å²) in [6, 6.07) is 10.6. The highest BCUT2D eigenvalue weighted by atomic mass is 19.2. The Labute approximate surface area is 185 Å². The molecule has 0 N–H and O–H groups in total. The van der Waals surface area contributed by atoms with Crippen molar-refractivity contribution in [3.8, 4) is 17.6 Å². The van der Waals surface area contributed by atoms with Gasteiger partial charge in [0.05, 0.1) is 5.56 Å². The SMILES string of the molecule is CCC1CCC(C#Cc2ccc(C(=O)Oc3ccc4c(F)c(F)ccc4c3)c(F)c2)CC1. The van der Waals surface area contributed by atoms with Gasteiger partial charge in [-0.05, 0) is 79.5 Å². The van der Waals surface area contributed by atoms with Crippen molar-refractivity contribution in [2.45, 2.75) is 39.0 Å². The number of carbonyl (C=O) groups excluding carboxylic acids is 1. The topological polar surface area (TPSA) is 26.3 Å². The monoisotopic (exact) mass is 436 g/mol. The number of hydrogen-bond donors (Lipinski definition) is 0. The third kappa shape index (κ3) is 4.80. The molecule has 3 aromatic rings. The number of halogens is 3. The van der Waals surface area contributed by atoms with E-state index in [1.54, 1.807) is 6.07 Å². The van der Waals surface area contributed by atoms with Crippen molar-refractivity contribution in [3.63, 3.8) is 0 Å². The molecule has 32 heavy (non-hydrogen) atoms. The molecule has 0 amide bonds. The van der Waals surface area contributed by atoms with Gasteiger partial charge in [-0.2, -0.15) is 0 Å². The normalized spacial score (nSPS) is 18.1. The van der Waals surface area contributed by atoms with E-state index in [4.69, 9.17) is 4.74 Å². The van der Waals surface area contributed by atoms with Crippen molar-refractivity contribution in [1.29, 1.82) is 0 Å². The van der Waals surface area contributed by atoms with Gasteiger partial charge in [-0.3, -0.25) is 0 Å². The van der Waals surface area contributed by atoms with E-state index in [0.717, 1.165) is 24.8 Å². The van der Waals surface area contributed by atoms with Crippen LogP contribution >= 0.6 is 0 Å². The van der Waals surface area contributed by atoms with Crippen LogP contribution in [-0.4, -0.2) is 5.97 Å². The number of carbonyl (C=O) groups is 1. The molecule has 0 heterocycles. The summed E-state index contributed by atoms with van der Waals surface area (Å²) in [7, 11) is 0. The van der Waals surface area contributed by atoms with Crippen LogP contribution in [-0.2, 0) is 0 Å². The van der Waals surface area contributed by atoms with Crippen LogP contribution in [0, 0.1) is 41.1 Å². The summed E-state index contributed by atoms with van der Waals surface area (Å²) in [5.41, 5.74) is 0.296. The van der Waals surface area contributed by atoms with Crippen molar-refractivity contribution in [3.05, 3.63) is 77.1 Å². The number of benzene rings is 3. The summed E-state index contributed by atoms with van der Waals surface area (Å²) in [6.07, 6.45) is 5.72. The molecule has 1 aliphatic carbocycles. The number of hydrogen-bond acceptors (Lipinski definition) is 2. The summed E-state index contributed by atoms with van der Waals surface area (Å²) in [5.74, 6) is 3.97. The lowest BCUT2D eigenvalue weighted by Gasteiger charge is -2.24. The van der Waals surface area contributed by atoms with Gasteiger partial charge in [0.15, 0.2) is 11.6 Å². The van der Waals surface area contributed by atoms with Gasteiger partial charge in [0, 0.05) is 16.9 Å². The van der Waals surface area contributed by atoms with Crippen LogP contribution in [0.1, 0.15) is 54.9 Å². The fourth-order valence-electron chi connectivity index (χ4n) is 4.13. The molecule has 0 atom stereocenters. The largest absolute Gasteiger partial charge is 0.423 e. The molecule has 1 aliphatic rings. The average molecular weight is 436 g/mol. The Bertz CT molecular complexity index is 1210. The van der Waals surface area contributed by atoms with E-state index in [9.17, 15) is 18.0 Å². The lowest BCUT2D eigenvalue weighted by atomic mass is 9.81. The van der Waals surface area contributed by atoms with Crippen LogP contribution < -0.4 is 4.74 Å². The fraction of sp³-hybridized carbons (Fsp3) is 0.296. The second-order valence-corrected chi connectivity index (χ2v) is 8.22. The van der Waals surface area contributed by atoms with Crippen LogP contribution in [0.5, 0.6) is 5.75 Å². The van der Waals surface area contributed by atoms with Crippen molar-refractivity contribution >= 4 is 16.7 Å². The lowest BCUT2D eigenvalue weighted by Crippen LogP contribution is -2.12. The summed E-state index contributed by atoms with van der Waals surface area (Å²) in [5, 5.41) is 0.440. The second kappa shape index (κ2) is 9.48. The predicted molar refractivity (Wildman–Crippen MR) is 118 cm³/mol. The number of ether oxygens (including phenoxy) is 1. The molecule has 0 radical (unpaired) electrons. The Morgan fingerprint density at radius 1 is 0.969 bits per heavy atom. The van der Waals surface area contributed by atoms with Gasteiger partial charge < -0.3 is 4.74 Å². The van der Waals surface area contributed by atoms with E-state index in [1.165, 1.54) is 55.7 Å². The molecule has 0 unspecified atom stereocenters. The Kier molecular flexibility index (Phi) is 6.50. The van der Waals surface area contributed by atoms with E-state index < -0.39 is 23.4 Å². The van der Waals surface area contributed by atoms with Crippen molar-refractivity contribution in [2.24, 2.45) is 11.8 Å². The number of fused-ring (bicyclic) bond motifs is 1. The Morgan fingerprint density at radius 3 is 2.47 bits per heavy atom. The van der Waals surface area contributed by atoms with Crippen LogP contribution in [0.4, 0.5) is 13.2 Å². The fourth-order valence-corrected chi connectivity index (χ4v) is 4.13. The Morgan fingerprint density at radius 2 is 1.75 bits per heavy atom. The van der Waals surface area contributed by atoms with Crippen LogP contribution in [0.15, 0.2) is 48.5 Å². The third-order valence-electron chi connectivity index (χ3n) is 6.12. The molecule has 0 spiro atoms. The molecule has 0 aromatic heterocycles. The Balaban J connectivity index is 1.45. The van der Waals surface area contributed by atoms with Crippen molar-refractivity contribution in [2.75, 3.05) is 0 Å².